The average molecular weight is 368 g/mol. The maximum atomic E-state index is 12.5. The molecule has 7 heteroatoms. The van der Waals surface area contributed by atoms with Crippen molar-refractivity contribution in [3.05, 3.63) is 29.8 Å². The lowest BCUT2D eigenvalue weighted by atomic mass is 9.84. The first-order valence-corrected chi connectivity index (χ1v) is 10.5. The second kappa shape index (κ2) is 9.31. The number of ether oxygens (including phenoxy) is 1. The van der Waals surface area contributed by atoms with Crippen LogP contribution in [0.5, 0.6) is 0 Å². The molecular formula is C18H28N2O4S. The van der Waals surface area contributed by atoms with E-state index in [9.17, 15) is 13.2 Å². The minimum absolute atomic E-state index is 0.0297. The second-order valence-corrected chi connectivity index (χ2v) is 8.66. The number of hydrogen-bond donors (Lipinski definition) is 2. The normalized spacial score (nSPS) is 17.2. The van der Waals surface area contributed by atoms with Crippen molar-refractivity contribution in [2.24, 2.45) is 11.7 Å². The Morgan fingerprint density at radius 3 is 2.44 bits per heavy atom. The molecule has 0 heterocycles. The van der Waals surface area contributed by atoms with Crippen LogP contribution in [0.1, 0.15) is 42.5 Å². The van der Waals surface area contributed by atoms with Gasteiger partial charge in [0.2, 0.25) is 0 Å². The number of nitrogens with two attached hydrogens (primary N) is 1. The summed E-state index contributed by atoms with van der Waals surface area (Å²) in [6, 6.07) is 6.00. The van der Waals surface area contributed by atoms with Gasteiger partial charge in [-0.1, -0.05) is 19.3 Å². The molecule has 0 aliphatic heterocycles. The maximum absolute atomic E-state index is 12.5. The average Bonchev–Trinajstić information content (AvgIpc) is 2.65. The fourth-order valence-corrected chi connectivity index (χ4v) is 4.45. The van der Waals surface area contributed by atoms with Crippen LogP contribution in [0.25, 0.3) is 0 Å². The van der Waals surface area contributed by atoms with Gasteiger partial charge in [-0.05, 0) is 43.0 Å². The molecule has 1 unspecified atom stereocenters. The first-order valence-electron chi connectivity index (χ1n) is 8.80. The van der Waals surface area contributed by atoms with Crippen molar-refractivity contribution in [3.63, 3.8) is 0 Å². The third kappa shape index (κ3) is 5.52. The molecule has 2 rings (SSSR count). The van der Waals surface area contributed by atoms with Gasteiger partial charge in [0.05, 0.1) is 17.3 Å². The largest absolute Gasteiger partial charge is 0.384 e. The van der Waals surface area contributed by atoms with Gasteiger partial charge in [-0.25, -0.2) is 8.42 Å². The van der Waals surface area contributed by atoms with Gasteiger partial charge in [0.15, 0.2) is 9.84 Å². The van der Waals surface area contributed by atoms with Crippen molar-refractivity contribution in [1.29, 1.82) is 0 Å². The number of sulfone groups is 1. The van der Waals surface area contributed by atoms with E-state index in [4.69, 9.17) is 10.5 Å². The van der Waals surface area contributed by atoms with E-state index >= 15 is 0 Å². The predicted molar refractivity (Wildman–Crippen MR) is 97.3 cm³/mol. The van der Waals surface area contributed by atoms with Crippen LogP contribution in [0.4, 0.5) is 0 Å². The maximum Gasteiger partial charge on any atom is 0.251 e. The summed E-state index contributed by atoms with van der Waals surface area (Å²) >= 11 is 0. The van der Waals surface area contributed by atoms with Crippen LogP contribution >= 0.6 is 0 Å². The van der Waals surface area contributed by atoms with Crippen molar-refractivity contribution >= 4 is 15.7 Å². The summed E-state index contributed by atoms with van der Waals surface area (Å²) in [5, 5.41) is 3.01. The van der Waals surface area contributed by atoms with Gasteiger partial charge in [0.1, 0.15) is 0 Å². The van der Waals surface area contributed by atoms with E-state index in [0.717, 1.165) is 12.8 Å². The van der Waals surface area contributed by atoms with Crippen molar-refractivity contribution in [2.45, 2.75) is 43.0 Å². The van der Waals surface area contributed by atoms with Crippen LogP contribution in [-0.4, -0.2) is 46.4 Å². The predicted octanol–water partition coefficient (Wildman–Crippen LogP) is 1.74. The molecule has 1 atom stereocenters. The summed E-state index contributed by atoms with van der Waals surface area (Å²) in [5.41, 5.74) is 6.30. The summed E-state index contributed by atoms with van der Waals surface area (Å²) in [4.78, 5) is 12.7. The smallest absolute Gasteiger partial charge is 0.251 e. The molecule has 1 fully saturated rings. The Bertz CT molecular complexity index is 652. The number of benzene rings is 1. The molecule has 1 aliphatic rings. The van der Waals surface area contributed by atoms with Gasteiger partial charge in [0, 0.05) is 25.3 Å². The van der Waals surface area contributed by atoms with E-state index in [1.807, 2.05) is 0 Å². The van der Waals surface area contributed by atoms with E-state index in [-0.39, 0.29) is 29.2 Å². The van der Waals surface area contributed by atoms with Gasteiger partial charge >= 0.3 is 0 Å². The number of hydrogen-bond acceptors (Lipinski definition) is 5. The molecule has 0 saturated heterocycles. The fraction of sp³-hybridized carbons (Fsp3) is 0.611. The second-order valence-electron chi connectivity index (χ2n) is 6.55. The Labute approximate surface area is 150 Å². The Morgan fingerprint density at radius 2 is 1.88 bits per heavy atom. The summed E-state index contributed by atoms with van der Waals surface area (Å²) in [6.45, 7) is 0.560. The highest BCUT2D eigenvalue weighted by molar-refractivity contribution is 7.91. The first kappa shape index (κ1) is 19.9. The molecule has 1 saturated carbocycles. The lowest BCUT2D eigenvalue weighted by Crippen LogP contribution is -2.45. The highest BCUT2D eigenvalue weighted by atomic mass is 32.2. The van der Waals surface area contributed by atoms with E-state index in [2.05, 4.69) is 5.32 Å². The number of amides is 1. The Balaban J connectivity index is 2.01. The van der Waals surface area contributed by atoms with Crippen LogP contribution in [0.3, 0.4) is 0 Å². The van der Waals surface area contributed by atoms with Gasteiger partial charge in [-0.3, -0.25) is 4.79 Å². The van der Waals surface area contributed by atoms with Crippen LogP contribution in [0.2, 0.25) is 0 Å². The van der Waals surface area contributed by atoms with Crippen molar-refractivity contribution in [1.82, 2.24) is 5.32 Å². The lowest BCUT2D eigenvalue weighted by Gasteiger charge is -2.30. The van der Waals surface area contributed by atoms with Crippen LogP contribution in [0, 0.1) is 5.92 Å². The van der Waals surface area contributed by atoms with Gasteiger partial charge < -0.3 is 15.8 Å². The molecule has 3 N–H and O–H groups in total. The molecule has 1 aromatic carbocycles. The minimum Gasteiger partial charge on any atom is -0.384 e. The summed E-state index contributed by atoms with van der Waals surface area (Å²) in [7, 11) is -1.92. The zero-order valence-electron chi connectivity index (χ0n) is 14.7. The zero-order chi connectivity index (χ0) is 18.3. The van der Waals surface area contributed by atoms with E-state index in [1.165, 1.54) is 38.5 Å². The number of carbonyl (C=O) groups is 1. The van der Waals surface area contributed by atoms with Gasteiger partial charge in [0.25, 0.3) is 5.91 Å². The standard InChI is InChI=1S/C18H28N2O4S/c1-24-11-12-25(22,23)16-9-7-15(8-10-16)18(21)20-17(13-19)14-5-3-2-4-6-14/h7-10,14,17H,2-6,11-13,19H2,1H3,(H,20,21). The lowest BCUT2D eigenvalue weighted by molar-refractivity contribution is 0.0915. The summed E-state index contributed by atoms with van der Waals surface area (Å²) in [6.07, 6.45) is 5.81. The first-order chi connectivity index (χ1) is 12.0. The third-order valence-electron chi connectivity index (χ3n) is 4.82. The molecule has 6 nitrogen and oxygen atoms in total. The molecule has 0 aromatic heterocycles. The van der Waals surface area contributed by atoms with E-state index in [0.29, 0.717) is 18.0 Å². The van der Waals surface area contributed by atoms with E-state index < -0.39 is 9.84 Å². The molecule has 1 aromatic rings. The molecule has 1 aliphatic carbocycles. The topological polar surface area (TPSA) is 98.5 Å². The minimum atomic E-state index is -3.39. The summed E-state index contributed by atoms with van der Waals surface area (Å²) < 4.78 is 29.0. The Hall–Kier alpha value is -1.44. The van der Waals surface area contributed by atoms with E-state index in [1.54, 1.807) is 12.1 Å². The molecule has 1 amide bonds. The summed E-state index contributed by atoms with van der Waals surface area (Å²) in [5.74, 6) is 0.143. The van der Waals surface area contributed by atoms with Crippen molar-refractivity contribution < 1.29 is 17.9 Å². The Morgan fingerprint density at radius 1 is 1.24 bits per heavy atom. The van der Waals surface area contributed by atoms with Crippen molar-refractivity contribution in [3.8, 4) is 0 Å². The SMILES string of the molecule is COCCS(=O)(=O)c1ccc(C(=O)NC(CN)C2CCCCC2)cc1. The molecule has 0 radical (unpaired) electrons. The molecule has 0 spiro atoms. The van der Waals surface area contributed by atoms with Crippen LogP contribution in [0.15, 0.2) is 29.2 Å². The number of rotatable bonds is 8. The number of nitrogens with one attached hydrogen (secondary N) is 1. The molecule has 0 bridgehead atoms. The van der Waals surface area contributed by atoms with Gasteiger partial charge in [-0.15, -0.1) is 0 Å². The fourth-order valence-electron chi connectivity index (χ4n) is 3.28. The molecule has 25 heavy (non-hydrogen) atoms. The molecular weight excluding hydrogens is 340 g/mol. The van der Waals surface area contributed by atoms with Crippen molar-refractivity contribution in [2.75, 3.05) is 26.0 Å². The van der Waals surface area contributed by atoms with Gasteiger partial charge in [-0.2, -0.15) is 0 Å². The highest BCUT2D eigenvalue weighted by Crippen LogP contribution is 2.26. The van der Waals surface area contributed by atoms with Crippen LogP contribution in [-0.2, 0) is 14.6 Å². The quantitative estimate of drug-likeness (QED) is 0.728. The number of methoxy groups -OCH3 is 1. The monoisotopic (exact) mass is 368 g/mol. The zero-order valence-corrected chi connectivity index (χ0v) is 15.6. The van der Waals surface area contributed by atoms with Crippen LogP contribution < -0.4 is 11.1 Å². The number of carbonyl (C=O) groups excluding carboxylic acids is 1. The highest BCUT2D eigenvalue weighted by Gasteiger charge is 2.24. The molecule has 140 valence electrons. The third-order valence-corrected chi connectivity index (χ3v) is 6.52. The Kier molecular flexibility index (Phi) is 7.40.